The number of hydrogen-bond donors (Lipinski definition) is 2. The fourth-order valence-corrected chi connectivity index (χ4v) is 1.38. The van der Waals surface area contributed by atoms with Crippen LogP contribution in [0.5, 0.6) is 5.75 Å². The summed E-state index contributed by atoms with van der Waals surface area (Å²) in [7, 11) is 1.91. The predicted molar refractivity (Wildman–Crippen MR) is 58.5 cm³/mol. The van der Waals surface area contributed by atoms with E-state index in [4.69, 9.17) is 10.5 Å². The fourth-order valence-electron chi connectivity index (χ4n) is 1.38. The molecule has 1 aromatic rings. The maximum Gasteiger partial charge on any atom is 0.119 e. The molecule has 0 fully saturated rings. The van der Waals surface area contributed by atoms with Gasteiger partial charge in [0.2, 0.25) is 0 Å². The third kappa shape index (κ3) is 2.72. The second kappa shape index (κ2) is 5.62. The third-order valence-corrected chi connectivity index (χ3v) is 2.18. The van der Waals surface area contributed by atoms with Crippen molar-refractivity contribution in [3.8, 4) is 5.75 Å². The average Bonchev–Trinajstić information content (AvgIpc) is 2.23. The van der Waals surface area contributed by atoms with Crippen molar-refractivity contribution in [2.45, 2.75) is 13.0 Å². The molecule has 0 saturated carbocycles. The van der Waals surface area contributed by atoms with E-state index >= 15 is 0 Å². The summed E-state index contributed by atoms with van der Waals surface area (Å²) in [5.41, 5.74) is 6.81. The van der Waals surface area contributed by atoms with Crippen LogP contribution in [0.1, 0.15) is 18.5 Å². The molecule has 0 heterocycles. The second-order valence-corrected chi connectivity index (χ2v) is 3.08. The summed E-state index contributed by atoms with van der Waals surface area (Å²) in [5, 5.41) is 3.15. The highest BCUT2D eigenvalue weighted by Crippen LogP contribution is 2.16. The minimum absolute atomic E-state index is 0.227. The molecule has 0 bridgehead atoms. The van der Waals surface area contributed by atoms with Crippen molar-refractivity contribution in [2.75, 3.05) is 20.2 Å². The van der Waals surface area contributed by atoms with Gasteiger partial charge in [0.25, 0.3) is 0 Å². The van der Waals surface area contributed by atoms with E-state index in [-0.39, 0.29) is 6.04 Å². The third-order valence-electron chi connectivity index (χ3n) is 2.18. The normalized spacial score (nSPS) is 12.5. The highest BCUT2D eigenvalue weighted by molar-refractivity contribution is 5.29. The van der Waals surface area contributed by atoms with Crippen LogP contribution in [0.4, 0.5) is 0 Å². The molecule has 1 unspecified atom stereocenters. The Morgan fingerprint density at radius 1 is 1.36 bits per heavy atom. The van der Waals surface area contributed by atoms with Crippen molar-refractivity contribution >= 4 is 0 Å². The van der Waals surface area contributed by atoms with Gasteiger partial charge in [0, 0.05) is 12.6 Å². The molecule has 0 saturated heterocycles. The molecule has 3 nitrogen and oxygen atoms in total. The van der Waals surface area contributed by atoms with Crippen LogP contribution in [0.2, 0.25) is 0 Å². The van der Waals surface area contributed by atoms with E-state index in [0.29, 0.717) is 13.2 Å². The van der Waals surface area contributed by atoms with Crippen molar-refractivity contribution in [3.05, 3.63) is 29.8 Å². The van der Waals surface area contributed by atoms with E-state index in [2.05, 4.69) is 5.32 Å². The summed E-state index contributed by atoms with van der Waals surface area (Å²) in [5.74, 6) is 0.906. The molecule has 78 valence electrons. The minimum atomic E-state index is 0.227. The van der Waals surface area contributed by atoms with Crippen LogP contribution in [-0.4, -0.2) is 20.2 Å². The lowest BCUT2D eigenvalue weighted by atomic mass is 10.1. The SMILES string of the molecule is CCOc1ccc(C(CN)NC)cc1. The van der Waals surface area contributed by atoms with E-state index in [1.165, 1.54) is 5.56 Å². The number of rotatable bonds is 5. The van der Waals surface area contributed by atoms with Crippen LogP contribution in [0, 0.1) is 0 Å². The van der Waals surface area contributed by atoms with Gasteiger partial charge in [0.05, 0.1) is 6.61 Å². The zero-order chi connectivity index (χ0) is 10.4. The van der Waals surface area contributed by atoms with Gasteiger partial charge in [0.15, 0.2) is 0 Å². The lowest BCUT2D eigenvalue weighted by Crippen LogP contribution is -2.24. The lowest BCUT2D eigenvalue weighted by molar-refractivity contribution is 0.340. The zero-order valence-corrected chi connectivity index (χ0v) is 8.79. The van der Waals surface area contributed by atoms with Crippen LogP contribution in [0.3, 0.4) is 0 Å². The van der Waals surface area contributed by atoms with Gasteiger partial charge in [-0.1, -0.05) is 12.1 Å². The van der Waals surface area contributed by atoms with Gasteiger partial charge in [-0.15, -0.1) is 0 Å². The smallest absolute Gasteiger partial charge is 0.119 e. The predicted octanol–water partition coefficient (Wildman–Crippen LogP) is 1.30. The van der Waals surface area contributed by atoms with Gasteiger partial charge in [-0.05, 0) is 31.7 Å². The molecule has 1 atom stereocenters. The van der Waals surface area contributed by atoms with Crippen LogP contribution in [-0.2, 0) is 0 Å². The van der Waals surface area contributed by atoms with E-state index in [0.717, 1.165) is 5.75 Å². The highest BCUT2D eigenvalue weighted by Gasteiger charge is 2.05. The molecule has 0 aliphatic rings. The fraction of sp³-hybridized carbons (Fsp3) is 0.455. The van der Waals surface area contributed by atoms with Crippen LogP contribution in [0.25, 0.3) is 0 Å². The van der Waals surface area contributed by atoms with Crippen molar-refractivity contribution in [1.29, 1.82) is 0 Å². The largest absolute Gasteiger partial charge is 0.494 e. The van der Waals surface area contributed by atoms with E-state index < -0.39 is 0 Å². The van der Waals surface area contributed by atoms with E-state index in [9.17, 15) is 0 Å². The lowest BCUT2D eigenvalue weighted by Gasteiger charge is -2.14. The Hall–Kier alpha value is -1.06. The summed E-state index contributed by atoms with van der Waals surface area (Å²) in [4.78, 5) is 0. The topological polar surface area (TPSA) is 47.3 Å². The molecule has 0 spiro atoms. The molecule has 3 N–H and O–H groups in total. The van der Waals surface area contributed by atoms with Gasteiger partial charge in [-0.3, -0.25) is 0 Å². The monoisotopic (exact) mass is 194 g/mol. The Labute approximate surface area is 85.3 Å². The summed E-state index contributed by atoms with van der Waals surface area (Å²) >= 11 is 0. The molecule has 0 aliphatic heterocycles. The second-order valence-electron chi connectivity index (χ2n) is 3.08. The zero-order valence-electron chi connectivity index (χ0n) is 8.79. The first-order valence-electron chi connectivity index (χ1n) is 4.92. The molecule has 1 rings (SSSR count). The van der Waals surface area contributed by atoms with Crippen LogP contribution >= 0.6 is 0 Å². The highest BCUT2D eigenvalue weighted by atomic mass is 16.5. The first-order chi connectivity index (χ1) is 6.81. The van der Waals surface area contributed by atoms with Crippen molar-refractivity contribution in [2.24, 2.45) is 5.73 Å². The molecule has 14 heavy (non-hydrogen) atoms. The van der Waals surface area contributed by atoms with Gasteiger partial charge in [-0.2, -0.15) is 0 Å². The van der Waals surface area contributed by atoms with Gasteiger partial charge in [0.1, 0.15) is 5.75 Å². The Morgan fingerprint density at radius 2 is 2.00 bits per heavy atom. The van der Waals surface area contributed by atoms with Crippen LogP contribution in [0.15, 0.2) is 24.3 Å². The molecular weight excluding hydrogens is 176 g/mol. The minimum Gasteiger partial charge on any atom is -0.494 e. The first-order valence-corrected chi connectivity index (χ1v) is 4.92. The molecule has 0 aromatic heterocycles. The molecule has 1 aromatic carbocycles. The Bertz CT molecular complexity index is 254. The first kappa shape index (κ1) is 11.0. The maximum absolute atomic E-state index is 5.62. The maximum atomic E-state index is 5.62. The number of hydrogen-bond acceptors (Lipinski definition) is 3. The van der Waals surface area contributed by atoms with Crippen molar-refractivity contribution in [3.63, 3.8) is 0 Å². The number of ether oxygens (including phenoxy) is 1. The summed E-state index contributed by atoms with van der Waals surface area (Å²) in [6.07, 6.45) is 0. The molecule has 0 radical (unpaired) electrons. The van der Waals surface area contributed by atoms with Gasteiger partial charge < -0.3 is 15.8 Å². The van der Waals surface area contributed by atoms with E-state index in [1.54, 1.807) is 0 Å². The van der Waals surface area contributed by atoms with Crippen molar-refractivity contribution in [1.82, 2.24) is 5.32 Å². The summed E-state index contributed by atoms with van der Waals surface area (Å²) in [6.45, 7) is 3.28. The molecular formula is C11H18N2O. The number of nitrogens with one attached hydrogen (secondary N) is 1. The van der Waals surface area contributed by atoms with Crippen LogP contribution < -0.4 is 15.8 Å². The van der Waals surface area contributed by atoms with Gasteiger partial charge in [-0.25, -0.2) is 0 Å². The number of nitrogens with two attached hydrogens (primary N) is 1. The Kier molecular flexibility index (Phi) is 4.43. The molecule has 0 aliphatic carbocycles. The summed E-state index contributed by atoms with van der Waals surface area (Å²) in [6, 6.07) is 8.25. The Balaban J connectivity index is 2.71. The Morgan fingerprint density at radius 3 is 2.43 bits per heavy atom. The van der Waals surface area contributed by atoms with E-state index in [1.807, 2.05) is 38.2 Å². The summed E-state index contributed by atoms with van der Waals surface area (Å²) < 4.78 is 5.36. The van der Waals surface area contributed by atoms with Gasteiger partial charge >= 0.3 is 0 Å². The molecule has 0 amide bonds. The quantitative estimate of drug-likeness (QED) is 0.743. The number of benzene rings is 1. The standard InChI is InChI=1S/C11H18N2O/c1-3-14-10-6-4-9(5-7-10)11(8-12)13-2/h4-7,11,13H,3,8,12H2,1-2H3. The number of likely N-dealkylation sites (N-methyl/N-ethyl adjacent to an activating group) is 1. The molecule has 3 heteroatoms. The average molecular weight is 194 g/mol. The van der Waals surface area contributed by atoms with Crippen molar-refractivity contribution < 1.29 is 4.74 Å².